The minimum absolute atomic E-state index is 0.136. The lowest BCUT2D eigenvalue weighted by molar-refractivity contribution is -0.166. The van der Waals surface area contributed by atoms with Crippen LogP contribution in [-0.4, -0.2) is 37.2 Å². The SMILES string of the molecule is CC/C=C\C/C=C\C/C=C\C/C=C\C/C=C\C/C=C\CCC(=O)OC[C@H](COC(=O)CCC/C=C\C/C=C\C/C=C\C/C=C\CCCCC)OC(=O)CCCCCCCCC/C=C\CCCCCC. The van der Waals surface area contributed by atoms with Gasteiger partial charge in [-0.25, -0.2) is 0 Å². The Bertz CT molecular complexity index is 1510. The molecule has 0 rings (SSSR count). The third-order valence-electron chi connectivity index (χ3n) is 11.1. The Morgan fingerprint density at radius 3 is 1.06 bits per heavy atom. The van der Waals surface area contributed by atoms with Gasteiger partial charge < -0.3 is 14.2 Å². The molecule has 0 aliphatic heterocycles. The van der Waals surface area contributed by atoms with Crippen molar-refractivity contribution < 1.29 is 28.6 Å². The summed E-state index contributed by atoms with van der Waals surface area (Å²) in [7, 11) is 0. The molecule has 0 aromatic carbocycles. The van der Waals surface area contributed by atoms with Crippen LogP contribution in [0.5, 0.6) is 0 Å². The first-order valence-corrected chi connectivity index (χ1v) is 27.7. The zero-order valence-corrected chi connectivity index (χ0v) is 44.3. The molecule has 0 spiro atoms. The Kier molecular flexibility index (Phi) is 52.5. The summed E-state index contributed by atoms with van der Waals surface area (Å²) in [5, 5.41) is 0. The summed E-state index contributed by atoms with van der Waals surface area (Å²) >= 11 is 0. The second kappa shape index (κ2) is 56.1. The van der Waals surface area contributed by atoms with E-state index in [1.54, 1.807) is 0 Å². The van der Waals surface area contributed by atoms with Crippen LogP contribution in [0, 0.1) is 0 Å². The molecule has 0 heterocycles. The van der Waals surface area contributed by atoms with Gasteiger partial charge in [-0.05, 0) is 122 Å². The molecule has 0 radical (unpaired) electrons. The van der Waals surface area contributed by atoms with Gasteiger partial charge in [-0.15, -0.1) is 0 Å². The van der Waals surface area contributed by atoms with E-state index in [-0.39, 0.29) is 44.0 Å². The highest BCUT2D eigenvalue weighted by atomic mass is 16.6. The monoisotopic (exact) mass is 953 g/mol. The summed E-state index contributed by atoms with van der Waals surface area (Å²) < 4.78 is 16.7. The molecule has 69 heavy (non-hydrogen) atoms. The maximum Gasteiger partial charge on any atom is 0.306 e. The number of unbranched alkanes of at least 4 members (excludes halogenated alkanes) is 15. The maximum atomic E-state index is 12.8. The number of carbonyl (C=O) groups is 3. The summed E-state index contributed by atoms with van der Waals surface area (Å²) in [5.74, 6) is -1.08. The summed E-state index contributed by atoms with van der Waals surface area (Å²) in [5.41, 5.74) is 0. The molecule has 0 N–H and O–H groups in total. The Labute approximate surface area is 424 Å². The van der Waals surface area contributed by atoms with Crippen molar-refractivity contribution in [1.82, 2.24) is 0 Å². The molecule has 0 saturated carbocycles. The molecular weight excluding hydrogens is 853 g/mol. The van der Waals surface area contributed by atoms with E-state index in [1.165, 1.54) is 89.9 Å². The summed E-state index contributed by atoms with van der Waals surface area (Å²) in [6.07, 6.45) is 78.8. The Morgan fingerprint density at radius 2 is 0.609 bits per heavy atom. The van der Waals surface area contributed by atoms with Gasteiger partial charge in [-0.1, -0.05) is 219 Å². The zero-order chi connectivity index (χ0) is 50.0. The van der Waals surface area contributed by atoms with E-state index < -0.39 is 6.10 Å². The molecule has 0 aromatic rings. The lowest BCUT2D eigenvalue weighted by Crippen LogP contribution is -2.30. The number of esters is 3. The normalized spacial score (nSPS) is 13.1. The van der Waals surface area contributed by atoms with Gasteiger partial charge in [0, 0.05) is 19.3 Å². The van der Waals surface area contributed by atoms with E-state index in [0.29, 0.717) is 19.3 Å². The van der Waals surface area contributed by atoms with Gasteiger partial charge in [0.2, 0.25) is 0 Å². The van der Waals surface area contributed by atoms with E-state index in [1.807, 2.05) is 12.2 Å². The fraction of sp³-hybridized carbons (Fsp3) is 0.603. The second-order valence-corrected chi connectivity index (χ2v) is 17.7. The van der Waals surface area contributed by atoms with Crippen LogP contribution in [0.3, 0.4) is 0 Å². The van der Waals surface area contributed by atoms with Gasteiger partial charge in [-0.3, -0.25) is 14.4 Å². The lowest BCUT2D eigenvalue weighted by Gasteiger charge is -2.18. The fourth-order valence-corrected chi connectivity index (χ4v) is 6.98. The fourth-order valence-electron chi connectivity index (χ4n) is 6.98. The van der Waals surface area contributed by atoms with E-state index in [9.17, 15) is 14.4 Å². The van der Waals surface area contributed by atoms with Crippen LogP contribution in [-0.2, 0) is 28.6 Å². The Morgan fingerprint density at radius 1 is 0.304 bits per heavy atom. The molecule has 0 aliphatic carbocycles. The molecule has 0 fully saturated rings. The van der Waals surface area contributed by atoms with Gasteiger partial charge >= 0.3 is 17.9 Å². The molecule has 0 saturated heterocycles. The number of ether oxygens (including phenoxy) is 3. The third-order valence-corrected chi connectivity index (χ3v) is 11.1. The standard InChI is InChI=1S/C63H100O6/c1-4-7-10-13-16-19-22-25-28-30-31-33-36-38-41-44-47-50-53-56-62(65)68-59-60(69-63(66)57-54-51-48-45-42-39-34-27-24-21-18-15-12-9-6-3)58-67-61(64)55-52-49-46-43-40-37-35-32-29-26-23-20-17-14-11-8-5-2/h7,10,16-17,19-21,24-26,28-29,31,33,35,37-38,41,43,46-47,50,60H,4-6,8-9,11-15,18,22-23,27,30,32,34,36,39-40,42,44-45,48-49,51-59H2,1-3H3/b10-7-,19-16-,20-17-,24-21-,28-25-,29-26-,33-31-,37-35-,41-38-,46-43-,50-47-/t60-/m0/s1. The van der Waals surface area contributed by atoms with Crippen molar-refractivity contribution in [2.45, 2.75) is 232 Å². The van der Waals surface area contributed by atoms with E-state index >= 15 is 0 Å². The molecule has 6 heteroatoms. The van der Waals surface area contributed by atoms with Crippen molar-refractivity contribution in [2.24, 2.45) is 0 Å². The van der Waals surface area contributed by atoms with E-state index in [4.69, 9.17) is 14.2 Å². The number of carbonyl (C=O) groups excluding carboxylic acids is 3. The van der Waals surface area contributed by atoms with Crippen molar-refractivity contribution in [1.29, 1.82) is 0 Å². The minimum Gasteiger partial charge on any atom is -0.462 e. The summed E-state index contributed by atoms with van der Waals surface area (Å²) in [6, 6.07) is 0. The Hall–Kier alpha value is -4.45. The van der Waals surface area contributed by atoms with Crippen LogP contribution in [0.15, 0.2) is 134 Å². The molecule has 388 valence electrons. The quantitative estimate of drug-likeness (QED) is 0.0262. The predicted molar refractivity (Wildman–Crippen MR) is 297 cm³/mol. The number of hydrogen-bond donors (Lipinski definition) is 0. The average Bonchev–Trinajstić information content (AvgIpc) is 3.35. The molecule has 0 unspecified atom stereocenters. The maximum absolute atomic E-state index is 12.8. The van der Waals surface area contributed by atoms with Gasteiger partial charge in [-0.2, -0.15) is 0 Å². The zero-order valence-electron chi connectivity index (χ0n) is 44.3. The molecule has 6 nitrogen and oxygen atoms in total. The first-order chi connectivity index (χ1) is 34.0. The van der Waals surface area contributed by atoms with Crippen LogP contribution in [0.2, 0.25) is 0 Å². The molecule has 0 aromatic heterocycles. The van der Waals surface area contributed by atoms with E-state index in [2.05, 4.69) is 142 Å². The van der Waals surface area contributed by atoms with Gasteiger partial charge in [0.15, 0.2) is 6.10 Å². The van der Waals surface area contributed by atoms with Gasteiger partial charge in [0.05, 0.1) is 0 Å². The predicted octanol–water partition coefficient (Wildman–Crippen LogP) is 18.6. The average molecular weight is 953 g/mol. The molecule has 0 amide bonds. The van der Waals surface area contributed by atoms with Crippen LogP contribution < -0.4 is 0 Å². The third kappa shape index (κ3) is 54.4. The minimum atomic E-state index is -0.838. The van der Waals surface area contributed by atoms with Gasteiger partial charge in [0.25, 0.3) is 0 Å². The van der Waals surface area contributed by atoms with Crippen molar-refractivity contribution in [2.75, 3.05) is 13.2 Å². The second-order valence-electron chi connectivity index (χ2n) is 17.7. The van der Waals surface area contributed by atoms with Crippen LogP contribution in [0.1, 0.15) is 226 Å². The molecule has 1 atom stereocenters. The van der Waals surface area contributed by atoms with Crippen LogP contribution >= 0.6 is 0 Å². The molecular formula is C63H100O6. The van der Waals surface area contributed by atoms with Crippen molar-refractivity contribution in [3.63, 3.8) is 0 Å². The number of hydrogen-bond acceptors (Lipinski definition) is 6. The lowest BCUT2D eigenvalue weighted by atomic mass is 10.1. The first kappa shape index (κ1) is 64.5. The highest BCUT2D eigenvalue weighted by molar-refractivity contribution is 5.71. The van der Waals surface area contributed by atoms with Crippen molar-refractivity contribution in [3.05, 3.63) is 134 Å². The van der Waals surface area contributed by atoms with Crippen molar-refractivity contribution in [3.8, 4) is 0 Å². The smallest absolute Gasteiger partial charge is 0.306 e. The molecule has 0 aliphatic rings. The van der Waals surface area contributed by atoms with Crippen LogP contribution in [0.25, 0.3) is 0 Å². The molecule has 0 bridgehead atoms. The van der Waals surface area contributed by atoms with Crippen LogP contribution in [0.4, 0.5) is 0 Å². The van der Waals surface area contributed by atoms with Crippen molar-refractivity contribution >= 4 is 17.9 Å². The summed E-state index contributed by atoms with van der Waals surface area (Å²) in [4.78, 5) is 38.1. The number of allylic oxidation sites excluding steroid dienone is 22. The first-order valence-electron chi connectivity index (χ1n) is 27.7. The Balaban J connectivity index is 4.61. The van der Waals surface area contributed by atoms with Gasteiger partial charge in [0.1, 0.15) is 13.2 Å². The number of rotatable bonds is 48. The van der Waals surface area contributed by atoms with E-state index in [0.717, 1.165) is 83.5 Å². The summed E-state index contributed by atoms with van der Waals surface area (Å²) in [6.45, 7) is 6.35. The topological polar surface area (TPSA) is 78.9 Å². The highest BCUT2D eigenvalue weighted by Gasteiger charge is 2.19. The highest BCUT2D eigenvalue weighted by Crippen LogP contribution is 2.13. The largest absolute Gasteiger partial charge is 0.462 e.